The van der Waals surface area contributed by atoms with Gasteiger partial charge in [-0.1, -0.05) is 0 Å². The summed E-state index contributed by atoms with van der Waals surface area (Å²) in [4.78, 5) is 29.2. The quantitative estimate of drug-likeness (QED) is 0.707. The molecule has 10 heteroatoms. The highest BCUT2D eigenvalue weighted by Crippen LogP contribution is 2.33. The van der Waals surface area contributed by atoms with Gasteiger partial charge in [-0.05, 0) is 6.07 Å². The standard InChI is InChI=1S/C16H17N9O/c26-16(15-19-10-20-22-15)24-7-11-5-23(6-12(11)8-24)13-4-14(18-9-17-13)25-3-1-2-21-25/h1-4,9-12H,5-8H2,(H,19,20,22). The number of fused-ring (bicyclic) bond motifs is 1. The average Bonchev–Trinajstić information content (AvgIpc) is 3.45. The van der Waals surface area contributed by atoms with Crippen LogP contribution < -0.4 is 4.90 Å². The number of carbonyl (C=O) groups excluding carboxylic acids is 1. The van der Waals surface area contributed by atoms with Crippen LogP contribution in [0, 0.1) is 11.8 Å². The first-order valence-corrected chi connectivity index (χ1v) is 8.49. The van der Waals surface area contributed by atoms with Gasteiger partial charge in [0.05, 0.1) is 0 Å². The number of hydrogen-bond acceptors (Lipinski definition) is 7. The van der Waals surface area contributed by atoms with E-state index in [4.69, 9.17) is 0 Å². The Morgan fingerprint density at radius 1 is 1.04 bits per heavy atom. The lowest BCUT2D eigenvalue weighted by Gasteiger charge is -2.22. The van der Waals surface area contributed by atoms with Crippen LogP contribution in [0.3, 0.4) is 0 Å². The molecule has 1 amide bonds. The molecule has 3 aromatic rings. The molecular formula is C16H17N9O. The van der Waals surface area contributed by atoms with Gasteiger partial charge >= 0.3 is 0 Å². The lowest BCUT2D eigenvalue weighted by atomic mass is 10.0. The number of aromatic amines is 1. The van der Waals surface area contributed by atoms with Gasteiger partial charge in [-0.3, -0.25) is 9.89 Å². The van der Waals surface area contributed by atoms with Gasteiger partial charge in [0.1, 0.15) is 18.5 Å². The van der Waals surface area contributed by atoms with Crippen molar-refractivity contribution in [3.63, 3.8) is 0 Å². The molecule has 26 heavy (non-hydrogen) atoms. The average molecular weight is 351 g/mol. The molecule has 5 heterocycles. The molecule has 2 unspecified atom stereocenters. The Bertz CT molecular complexity index is 894. The Balaban J connectivity index is 1.28. The molecule has 5 rings (SSSR count). The minimum absolute atomic E-state index is 0.0774. The highest BCUT2D eigenvalue weighted by Gasteiger charge is 2.42. The van der Waals surface area contributed by atoms with Crippen LogP contribution in [0.4, 0.5) is 5.82 Å². The minimum Gasteiger partial charge on any atom is -0.356 e. The van der Waals surface area contributed by atoms with Crippen LogP contribution >= 0.6 is 0 Å². The summed E-state index contributed by atoms with van der Waals surface area (Å²) in [6.07, 6.45) is 6.51. The number of anilines is 1. The molecule has 0 aromatic carbocycles. The minimum atomic E-state index is -0.0774. The fourth-order valence-corrected chi connectivity index (χ4v) is 3.84. The molecule has 0 bridgehead atoms. The van der Waals surface area contributed by atoms with Crippen molar-refractivity contribution in [3.05, 3.63) is 43.0 Å². The molecule has 0 saturated carbocycles. The van der Waals surface area contributed by atoms with Gasteiger partial charge in [0.15, 0.2) is 5.82 Å². The first kappa shape index (κ1) is 15.0. The summed E-state index contributed by atoms with van der Waals surface area (Å²) in [5.74, 6) is 2.75. The molecule has 2 saturated heterocycles. The summed E-state index contributed by atoms with van der Waals surface area (Å²) in [5.41, 5.74) is 0. The van der Waals surface area contributed by atoms with Gasteiger partial charge in [-0.25, -0.2) is 19.6 Å². The third-order valence-electron chi connectivity index (χ3n) is 5.09. The van der Waals surface area contributed by atoms with E-state index in [0.717, 1.165) is 37.8 Å². The number of aromatic nitrogens is 7. The number of rotatable bonds is 3. The number of carbonyl (C=O) groups is 1. The number of likely N-dealkylation sites (tertiary alicyclic amines) is 1. The zero-order chi connectivity index (χ0) is 17.5. The topological polar surface area (TPSA) is 109 Å². The van der Waals surface area contributed by atoms with Crippen LogP contribution in [0.1, 0.15) is 10.6 Å². The van der Waals surface area contributed by atoms with Gasteiger partial charge in [0.2, 0.25) is 5.82 Å². The van der Waals surface area contributed by atoms with E-state index in [-0.39, 0.29) is 5.91 Å². The zero-order valence-corrected chi connectivity index (χ0v) is 13.9. The van der Waals surface area contributed by atoms with E-state index >= 15 is 0 Å². The molecule has 2 atom stereocenters. The summed E-state index contributed by atoms with van der Waals surface area (Å²) >= 11 is 0. The summed E-state index contributed by atoms with van der Waals surface area (Å²) in [6, 6.07) is 3.81. The lowest BCUT2D eigenvalue weighted by Crippen LogP contribution is -2.34. The highest BCUT2D eigenvalue weighted by atomic mass is 16.2. The van der Waals surface area contributed by atoms with E-state index in [0.29, 0.717) is 17.7 Å². The molecule has 2 fully saturated rings. The van der Waals surface area contributed by atoms with E-state index in [2.05, 4.69) is 35.1 Å². The third-order valence-corrected chi connectivity index (χ3v) is 5.09. The van der Waals surface area contributed by atoms with Gasteiger partial charge in [0.25, 0.3) is 5.91 Å². The van der Waals surface area contributed by atoms with Crippen LogP contribution in [-0.4, -0.2) is 71.9 Å². The first-order chi connectivity index (χ1) is 12.8. The Hall–Kier alpha value is -3.30. The largest absolute Gasteiger partial charge is 0.356 e. The van der Waals surface area contributed by atoms with Crippen molar-refractivity contribution >= 4 is 11.7 Å². The monoisotopic (exact) mass is 351 g/mol. The fraction of sp³-hybridized carbons (Fsp3) is 0.375. The Morgan fingerprint density at radius 3 is 2.54 bits per heavy atom. The Kier molecular flexibility index (Phi) is 3.40. The van der Waals surface area contributed by atoms with Crippen LogP contribution in [0.5, 0.6) is 0 Å². The van der Waals surface area contributed by atoms with E-state index in [9.17, 15) is 4.79 Å². The molecule has 2 aliphatic rings. The van der Waals surface area contributed by atoms with Crippen molar-refractivity contribution < 1.29 is 4.79 Å². The maximum Gasteiger partial charge on any atom is 0.291 e. The van der Waals surface area contributed by atoms with Gasteiger partial charge in [0, 0.05) is 56.5 Å². The fourth-order valence-electron chi connectivity index (χ4n) is 3.84. The number of hydrogen-bond donors (Lipinski definition) is 1. The van der Waals surface area contributed by atoms with E-state index in [1.165, 1.54) is 6.33 Å². The van der Waals surface area contributed by atoms with Crippen LogP contribution in [0.2, 0.25) is 0 Å². The maximum atomic E-state index is 12.4. The number of H-pyrrole nitrogens is 1. The SMILES string of the molecule is O=C(c1ncn[nH]1)N1CC2CN(c3cc(-n4cccn4)ncn3)CC2C1. The van der Waals surface area contributed by atoms with Crippen molar-refractivity contribution in [1.82, 2.24) is 39.8 Å². The molecule has 0 radical (unpaired) electrons. The van der Waals surface area contributed by atoms with Crippen LogP contribution in [0.15, 0.2) is 37.2 Å². The van der Waals surface area contributed by atoms with E-state index < -0.39 is 0 Å². The van der Waals surface area contributed by atoms with Crippen molar-refractivity contribution in [2.75, 3.05) is 31.1 Å². The van der Waals surface area contributed by atoms with Crippen molar-refractivity contribution in [1.29, 1.82) is 0 Å². The molecule has 0 aliphatic carbocycles. The molecular weight excluding hydrogens is 334 g/mol. The Labute approximate surface area is 148 Å². The number of nitrogens with zero attached hydrogens (tertiary/aromatic N) is 8. The number of amides is 1. The van der Waals surface area contributed by atoms with Crippen molar-refractivity contribution in [2.45, 2.75) is 0 Å². The van der Waals surface area contributed by atoms with Crippen LogP contribution in [-0.2, 0) is 0 Å². The third kappa shape index (κ3) is 2.50. The normalized spacial score (nSPS) is 22.0. The molecule has 132 valence electrons. The predicted molar refractivity (Wildman–Crippen MR) is 90.6 cm³/mol. The summed E-state index contributed by atoms with van der Waals surface area (Å²) in [7, 11) is 0. The van der Waals surface area contributed by atoms with Crippen LogP contribution in [0.25, 0.3) is 5.82 Å². The van der Waals surface area contributed by atoms with Gasteiger partial charge in [-0.15, -0.1) is 0 Å². The molecule has 3 aromatic heterocycles. The predicted octanol–water partition coefficient (Wildman–Crippen LogP) is -0.0112. The second-order valence-electron chi connectivity index (χ2n) is 6.65. The highest BCUT2D eigenvalue weighted by molar-refractivity contribution is 5.90. The second kappa shape index (κ2) is 5.90. The molecule has 10 nitrogen and oxygen atoms in total. The maximum absolute atomic E-state index is 12.4. The molecule has 1 N–H and O–H groups in total. The zero-order valence-electron chi connectivity index (χ0n) is 13.9. The molecule has 0 spiro atoms. The summed E-state index contributed by atoms with van der Waals surface area (Å²) in [6.45, 7) is 3.22. The molecule has 2 aliphatic heterocycles. The smallest absolute Gasteiger partial charge is 0.291 e. The lowest BCUT2D eigenvalue weighted by molar-refractivity contribution is 0.0771. The van der Waals surface area contributed by atoms with E-state index in [1.807, 2.05) is 23.2 Å². The first-order valence-electron chi connectivity index (χ1n) is 8.49. The van der Waals surface area contributed by atoms with Crippen molar-refractivity contribution in [2.24, 2.45) is 11.8 Å². The second-order valence-corrected chi connectivity index (χ2v) is 6.65. The van der Waals surface area contributed by atoms with E-state index in [1.54, 1.807) is 17.2 Å². The number of nitrogens with one attached hydrogen (secondary N) is 1. The van der Waals surface area contributed by atoms with Gasteiger partial charge < -0.3 is 9.80 Å². The summed E-state index contributed by atoms with van der Waals surface area (Å²) in [5, 5.41) is 10.6. The van der Waals surface area contributed by atoms with Crippen molar-refractivity contribution in [3.8, 4) is 5.82 Å². The Morgan fingerprint density at radius 2 is 1.85 bits per heavy atom. The van der Waals surface area contributed by atoms with Gasteiger partial charge in [-0.2, -0.15) is 10.2 Å². The summed E-state index contributed by atoms with van der Waals surface area (Å²) < 4.78 is 1.72.